The summed E-state index contributed by atoms with van der Waals surface area (Å²) in [6.45, 7) is 6.10. The van der Waals surface area contributed by atoms with Crippen LogP contribution in [0.25, 0.3) is 0 Å². The van der Waals surface area contributed by atoms with E-state index < -0.39 is 15.3 Å². The predicted octanol–water partition coefficient (Wildman–Crippen LogP) is 0.312. The van der Waals surface area contributed by atoms with Crippen molar-refractivity contribution in [3.05, 3.63) is 0 Å². The number of sulfonamides is 1. The molecule has 5 nitrogen and oxygen atoms in total. The van der Waals surface area contributed by atoms with E-state index in [1.807, 2.05) is 0 Å². The molecule has 18 heavy (non-hydrogen) atoms. The highest BCUT2D eigenvalue weighted by Gasteiger charge is 2.32. The van der Waals surface area contributed by atoms with Crippen LogP contribution in [-0.2, 0) is 10.0 Å². The third-order valence-electron chi connectivity index (χ3n) is 3.76. The molecule has 0 aromatic carbocycles. The van der Waals surface area contributed by atoms with Gasteiger partial charge in [0.2, 0.25) is 10.0 Å². The molecule has 1 saturated heterocycles. The first-order valence-electron chi connectivity index (χ1n) is 6.13. The lowest BCUT2D eigenvalue weighted by atomic mass is 9.81. The Bertz CT molecular complexity index is 401. The zero-order chi connectivity index (χ0) is 14.0. The monoisotopic (exact) mass is 293 g/mol. The van der Waals surface area contributed by atoms with Gasteiger partial charge >= 0.3 is 0 Å². The maximum Gasteiger partial charge on any atom is 0.220 e. The number of rotatable bonds is 5. The van der Waals surface area contributed by atoms with Crippen molar-refractivity contribution in [2.24, 2.45) is 11.1 Å². The van der Waals surface area contributed by atoms with Gasteiger partial charge in [-0.2, -0.15) is 0 Å². The Hall–Kier alpha value is -0.240. The summed E-state index contributed by atoms with van der Waals surface area (Å²) in [7, 11) is -1.36. The molecule has 1 aliphatic rings. The van der Waals surface area contributed by atoms with Crippen LogP contribution in [-0.4, -0.2) is 50.2 Å². The molecule has 1 rings (SSSR count). The molecule has 0 aromatic rings. The molecular weight excluding hydrogens is 270 g/mol. The molecule has 0 saturated carbocycles. The summed E-state index contributed by atoms with van der Waals surface area (Å²) in [5.74, 6) is 0. The molecular formula is C11H23N3O2S2. The maximum atomic E-state index is 11.9. The van der Waals surface area contributed by atoms with Crippen molar-refractivity contribution < 1.29 is 8.42 Å². The van der Waals surface area contributed by atoms with E-state index in [-0.39, 0.29) is 10.4 Å². The van der Waals surface area contributed by atoms with Crippen LogP contribution < -0.4 is 10.5 Å². The Morgan fingerprint density at radius 1 is 1.50 bits per heavy atom. The van der Waals surface area contributed by atoms with E-state index in [4.69, 9.17) is 18.0 Å². The smallest absolute Gasteiger partial charge is 0.220 e. The van der Waals surface area contributed by atoms with Gasteiger partial charge < -0.3 is 10.6 Å². The van der Waals surface area contributed by atoms with Gasteiger partial charge in [-0.25, -0.2) is 13.1 Å². The van der Waals surface area contributed by atoms with Crippen molar-refractivity contribution in [1.82, 2.24) is 9.62 Å². The highest BCUT2D eigenvalue weighted by molar-refractivity contribution is 7.93. The Morgan fingerprint density at radius 3 is 2.44 bits per heavy atom. The summed E-state index contributed by atoms with van der Waals surface area (Å²) in [6.07, 6.45) is 1.99. The average molecular weight is 293 g/mol. The fraction of sp³-hybridized carbons (Fsp3) is 0.909. The Balaban J connectivity index is 2.57. The third-order valence-corrected chi connectivity index (χ3v) is 5.99. The summed E-state index contributed by atoms with van der Waals surface area (Å²) < 4.78 is 26.5. The molecule has 0 aromatic heterocycles. The minimum Gasteiger partial charge on any atom is -0.392 e. The largest absolute Gasteiger partial charge is 0.392 e. The topological polar surface area (TPSA) is 75.4 Å². The van der Waals surface area contributed by atoms with Crippen molar-refractivity contribution in [1.29, 1.82) is 0 Å². The van der Waals surface area contributed by atoms with Crippen LogP contribution in [0.3, 0.4) is 0 Å². The molecule has 0 bridgehead atoms. The first kappa shape index (κ1) is 15.8. The Labute approximate surface area is 115 Å². The number of nitrogens with zero attached hydrogens (tertiary/aromatic N) is 1. The fourth-order valence-corrected chi connectivity index (χ4v) is 3.37. The van der Waals surface area contributed by atoms with Crippen LogP contribution in [0, 0.1) is 5.41 Å². The van der Waals surface area contributed by atoms with Gasteiger partial charge in [0.05, 0.1) is 4.99 Å². The van der Waals surface area contributed by atoms with E-state index in [0.29, 0.717) is 6.54 Å². The zero-order valence-electron chi connectivity index (χ0n) is 11.3. The summed E-state index contributed by atoms with van der Waals surface area (Å²) >= 11 is 4.73. The summed E-state index contributed by atoms with van der Waals surface area (Å²) in [4.78, 5) is 2.27. The SMILES string of the molecule is CC(C(N)=S)S(=O)(=O)NCC1(C)CCN(C)CC1. The quantitative estimate of drug-likeness (QED) is 0.714. The van der Waals surface area contributed by atoms with E-state index in [1.54, 1.807) is 0 Å². The lowest BCUT2D eigenvalue weighted by Gasteiger charge is -2.38. The zero-order valence-corrected chi connectivity index (χ0v) is 12.9. The lowest BCUT2D eigenvalue weighted by molar-refractivity contribution is 0.143. The van der Waals surface area contributed by atoms with E-state index in [2.05, 4.69) is 23.6 Å². The molecule has 1 atom stereocenters. The number of nitrogens with two attached hydrogens (primary N) is 1. The molecule has 3 N–H and O–H groups in total. The van der Waals surface area contributed by atoms with Gasteiger partial charge in [-0.3, -0.25) is 0 Å². The van der Waals surface area contributed by atoms with Gasteiger partial charge in [0.15, 0.2) is 0 Å². The van der Waals surface area contributed by atoms with Crippen molar-refractivity contribution in [3.8, 4) is 0 Å². The van der Waals surface area contributed by atoms with Crippen LogP contribution in [0.4, 0.5) is 0 Å². The highest BCUT2D eigenvalue weighted by Crippen LogP contribution is 2.29. The van der Waals surface area contributed by atoms with Gasteiger partial charge in [-0.1, -0.05) is 19.1 Å². The summed E-state index contributed by atoms with van der Waals surface area (Å²) in [5.41, 5.74) is 5.41. The molecule has 0 aliphatic carbocycles. The van der Waals surface area contributed by atoms with Crippen LogP contribution in [0.5, 0.6) is 0 Å². The highest BCUT2D eigenvalue weighted by atomic mass is 32.2. The molecule has 7 heteroatoms. The third kappa shape index (κ3) is 4.15. The number of likely N-dealkylation sites (tertiary alicyclic amines) is 1. The number of thiocarbonyl (C=S) groups is 1. The molecule has 0 spiro atoms. The second-order valence-electron chi connectivity index (χ2n) is 5.52. The maximum absolute atomic E-state index is 11.9. The van der Waals surface area contributed by atoms with Gasteiger partial charge in [-0.15, -0.1) is 0 Å². The van der Waals surface area contributed by atoms with E-state index in [0.717, 1.165) is 25.9 Å². The fourth-order valence-electron chi connectivity index (χ4n) is 1.89. The van der Waals surface area contributed by atoms with Crippen molar-refractivity contribution in [2.45, 2.75) is 31.9 Å². The van der Waals surface area contributed by atoms with Gasteiger partial charge in [0, 0.05) is 6.54 Å². The molecule has 1 heterocycles. The van der Waals surface area contributed by atoms with E-state index in [9.17, 15) is 8.42 Å². The molecule has 106 valence electrons. The van der Waals surface area contributed by atoms with Crippen molar-refractivity contribution in [3.63, 3.8) is 0 Å². The minimum absolute atomic E-state index is 0.0102. The average Bonchev–Trinajstić information content (AvgIpc) is 2.30. The number of nitrogens with one attached hydrogen (secondary N) is 1. The van der Waals surface area contributed by atoms with Crippen LogP contribution in [0.2, 0.25) is 0 Å². The van der Waals surface area contributed by atoms with Crippen LogP contribution in [0.1, 0.15) is 26.7 Å². The number of piperidine rings is 1. The molecule has 0 amide bonds. The predicted molar refractivity (Wildman–Crippen MR) is 78.0 cm³/mol. The molecule has 0 radical (unpaired) electrons. The standard InChI is InChI=1S/C11H23N3O2S2/c1-9(10(12)17)18(15,16)13-8-11(2)4-6-14(3)7-5-11/h9,13H,4-8H2,1-3H3,(H2,12,17). The van der Waals surface area contributed by atoms with Gasteiger partial charge in [0.25, 0.3) is 0 Å². The normalized spacial score (nSPS) is 22.6. The number of hydrogen-bond donors (Lipinski definition) is 2. The second-order valence-corrected chi connectivity index (χ2v) is 8.08. The first-order valence-corrected chi connectivity index (χ1v) is 8.08. The summed E-state index contributed by atoms with van der Waals surface area (Å²) in [6, 6.07) is 0. The van der Waals surface area contributed by atoms with E-state index in [1.165, 1.54) is 6.92 Å². The minimum atomic E-state index is -3.44. The Kier molecular flexibility index (Phi) is 5.11. The van der Waals surface area contributed by atoms with Crippen LogP contribution in [0.15, 0.2) is 0 Å². The van der Waals surface area contributed by atoms with Gasteiger partial charge in [-0.05, 0) is 45.3 Å². The van der Waals surface area contributed by atoms with Gasteiger partial charge in [0.1, 0.15) is 5.25 Å². The van der Waals surface area contributed by atoms with E-state index >= 15 is 0 Å². The number of hydrogen-bond acceptors (Lipinski definition) is 4. The molecule has 1 fully saturated rings. The van der Waals surface area contributed by atoms with Crippen molar-refractivity contribution in [2.75, 3.05) is 26.7 Å². The second kappa shape index (κ2) is 5.81. The molecule has 1 unspecified atom stereocenters. The summed E-state index contributed by atoms with van der Waals surface area (Å²) in [5, 5.41) is -0.817. The lowest BCUT2D eigenvalue weighted by Crippen LogP contribution is -2.47. The van der Waals surface area contributed by atoms with Crippen LogP contribution >= 0.6 is 12.2 Å². The van der Waals surface area contributed by atoms with Crippen molar-refractivity contribution >= 4 is 27.2 Å². The molecule has 1 aliphatic heterocycles. The Morgan fingerprint density at radius 2 is 2.00 bits per heavy atom. The first-order chi connectivity index (χ1) is 8.16.